The van der Waals surface area contributed by atoms with Crippen molar-refractivity contribution in [3.63, 3.8) is 0 Å². The number of hydrogen-bond donors (Lipinski definition) is 1. The van der Waals surface area contributed by atoms with Crippen LogP contribution in [0.3, 0.4) is 0 Å². The SMILES string of the molecule is Cc1ccc(C)c(/C(O)=C2\C(=O)C(=O)N(c3nnc(C)s3)C2c2cccc(Oc3ccccc3)c2)c1. The fraction of sp³-hybridized carbons (Fsp3) is 0.143. The summed E-state index contributed by atoms with van der Waals surface area (Å²) < 4.78 is 6.00. The molecule has 2 heterocycles. The number of aliphatic hydroxyl groups excluding tert-OH is 1. The van der Waals surface area contributed by atoms with Crippen LogP contribution in [0.1, 0.15) is 33.3 Å². The van der Waals surface area contributed by atoms with Crippen LogP contribution in [-0.2, 0) is 9.59 Å². The van der Waals surface area contributed by atoms with Crippen LogP contribution in [0.25, 0.3) is 5.76 Å². The van der Waals surface area contributed by atoms with E-state index in [9.17, 15) is 14.7 Å². The Morgan fingerprint density at radius 1 is 0.917 bits per heavy atom. The van der Waals surface area contributed by atoms with Crippen LogP contribution in [0.15, 0.2) is 78.4 Å². The molecule has 0 spiro atoms. The molecule has 3 aromatic carbocycles. The van der Waals surface area contributed by atoms with Crippen LogP contribution >= 0.6 is 11.3 Å². The van der Waals surface area contributed by atoms with E-state index in [0.29, 0.717) is 27.6 Å². The molecule has 7 nitrogen and oxygen atoms in total. The molecule has 1 atom stereocenters. The molecule has 180 valence electrons. The van der Waals surface area contributed by atoms with Crippen LogP contribution in [-0.4, -0.2) is 27.0 Å². The Morgan fingerprint density at radius 3 is 2.39 bits per heavy atom. The number of amides is 1. The van der Waals surface area contributed by atoms with Gasteiger partial charge in [-0.2, -0.15) is 0 Å². The van der Waals surface area contributed by atoms with Crippen molar-refractivity contribution in [2.24, 2.45) is 0 Å². The first kappa shape index (κ1) is 23.4. The van der Waals surface area contributed by atoms with Gasteiger partial charge < -0.3 is 9.84 Å². The third kappa shape index (κ3) is 4.27. The van der Waals surface area contributed by atoms with Crippen LogP contribution in [0, 0.1) is 20.8 Å². The largest absolute Gasteiger partial charge is 0.507 e. The molecule has 0 radical (unpaired) electrons. The fourth-order valence-electron chi connectivity index (χ4n) is 4.24. The summed E-state index contributed by atoms with van der Waals surface area (Å²) in [4.78, 5) is 28.0. The number of aromatic nitrogens is 2. The van der Waals surface area contributed by atoms with Crippen molar-refractivity contribution in [3.8, 4) is 11.5 Å². The number of para-hydroxylation sites is 1. The highest BCUT2D eigenvalue weighted by molar-refractivity contribution is 7.15. The minimum Gasteiger partial charge on any atom is -0.507 e. The molecule has 1 saturated heterocycles. The highest BCUT2D eigenvalue weighted by Gasteiger charge is 2.48. The lowest BCUT2D eigenvalue weighted by Crippen LogP contribution is -2.29. The molecule has 1 fully saturated rings. The van der Waals surface area contributed by atoms with Gasteiger partial charge in [0.1, 0.15) is 22.3 Å². The number of nitrogens with zero attached hydrogens (tertiary/aromatic N) is 3. The second kappa shape index (κ2) is 9.39. The first-order valence-electron chi connectivity index (χ1n) is 11.3. The van der Waals surface area contributed by atoms with Crippen molar-refractivity contribution in [3.05, 3.63) is 106 Å². The van der Waals surface area contributed by atoms with Crippen molar-refractivity contribution in [2.45, 2.75) is 26.8 Å². The van der Waals surface area contributed by atoms with E-state index in [1.165, 1.54) is 16.2 Å². The van der Waals surface area contributed by atoms with E-state index < -0.39 is 17.7 Å². The predicted octanol–water partition coefficient (Wildman–Crippen LogP) is 5.88. The maximum Gasteiger partial charge on any atom is 0.301 e. The quantitative estimate of drug-likeness (QED) is 0.210. The number of carbonyl (C=O) groups excluding carboxylic acids is 2. The number of Topliss-reactive ketones (excluding diaryl/α,β-unsaturated/α-hetero) is 1. The topological polar surface area (TPSA) is 92.6 Å². The summed E-state index contributed by atoms with van der Waals surface area (Å²) in [6.45, 7) is 5.53. The molecule has 4 aromatic rings. The van der Waals surface area contributed by atoms with E-state index in [4.69, 9.17) is 4.74 Å². The molecule has 1 aliphatic rings. The van der Waals surface area contributed by atoms with Crippen LogP contribution in [0.5, 0.6) is 11.5 Å². The maximum absolute atomic E-state index is 13.4. The Bertz CT molecular complexity index is 1510. The number of ether oxygens (including phenoxy) is 1. The zero-order valence-electron chi connectivity index (χ0n) is 19.9. The molecule has 0 aliphatic carbocycles. The van der Waals surface area contributed by atoms with Crippen LogP contribution in [0.2, 0.25) is 0 Å². The summed E-state index contributed by atoms with van der Waals surface area (Å²) in [6, 6.07) is 21.2. The highest BCUT2D eigenvalue weighted by Crippen LogP contribution is 2.44. The number of aliphatic hydroxyl groups is 1. The van der Waals surface area contributed by atoms with E-state index in [2.05, 4.69) is 10.2 Å². The van der Waals surface area contributed by atoms with Gasteiger partial charge in [-0.15, -0.1) is 10.2 Å². The second-order valence-electron chi connectivity index (χ2n) is 8.58. The molecular weight excluding hydrogens is 474 g/mol. The van der Waals surface area contributed by atoms with Crippen molar-refractivity contribution in [1.29, 1.82) is 0 Å². The second-order valence-corrected chi connectivity index (χ2v) is 9.74. The Hall–Kier alpha value is -4.30. The molecule has 1 amide bonds. The standard InChI is InChI=1S/C28H23N3O4S/c1-16-12-13-17(2)22(14-16)25(32)23-24(31(27(34)26(23)33)28-30-29-18(3)36-28)19-8-7-11-21(15-19)35-20-9-5-4-6-10-20/h4-15,24,32H,1-3H3/b25-23+. The third-order valence-corrected chi connectivity index (χ3v) is 6.80. The van der Waals surface area contributed by atoms with E-state index in [1.807, 2.05) is 56.3 Å². The van der Waals surface area contributed by atoms with Gasteiger partial charge >= 0.3 is 5.91 Å². The van der Waals surface area contributed by atoms with Crippen molar-refractivity contribution < 1.29 is 19.4 Å². The smallest absolute Gasteiger partial charge is 0.301 e. The highest BCUT2D eigenvalue weighted by atomic mass is 32.1. The minimum atomic E-state index is -0.906. The first-order valence-corrected chi connectivity index (χ1v) is 12.2. The summed E-state index contributed by atoms with van der Waals surface area (Å²) in [5.41, 5.74) is 2.81. The summed E-state index contributed by atoms with van der Waals surface area (Å²) in [6.07, 6.45) is 0. The number of hydrogen-bond acceptors (Lipinski definition) is 7. The zero-order chi connectivity index (χ0) is 25.4. The van der Waals surface area contributed by atoms with Gasteiger partial charge in [0, 0.05) is 5.56 Å². The molecule has 36 heavy (non-hydrogen) atoms. The normalized spacial score (nSPS) is 17.0. The number of carbonyl (C=O) groups is 2. The molecule has 8 heteroatoms. The number of anilines is 1. The van der Waals surface area contributed by atoms with Crippen LogP contribution in [0.4, 0.5) is 5.13 Å². The first-order chi connectivity index (χ1) is 17.3. The van der Waals surface area contributed by atoms with E-state index in [0.717, 1.165) is 11.1 Å². The van der Waals surface area contributed by atoms with Gasteiger partial charge in [0.25, 0.3) is 5.78 Å². The average Bonchev–Trinajstić information content (AvgIpc) is 3.41. The average molecular weight is 498 g/mol. The lowest BCUT2D eigenvalue weighted by atomic mass is 9.93. The lowest BCUT2D eigenvalue weighted by molar-refractivity contribution is -0.132. The molecular formula is C28H23N3O4S. The number of rotatable bonds is 5. The molecule has 0 saturated carbocycles. The predicted molar refractivity (Wildman–Crippen MR) is 138 cm³/mol. The monoisotopic (exact) mass is 497 g/mol. The molecule has 0 bridgehead atoms. The summed E-state index contributed by atoms with van der Waals surface area (Å²) in [5.74, 6) is -0.584. The van der Waals surface area contributed by atoms with E-state index >= 15 is 0 Å². The Kier molecular flexibility index (Phi) is 6.12. The minimum absolute atomic E-state index is 0.00147. The van der Waals surface area contributed by atoms with Gasteiger partial charge in [-0.05, 0) is 62.2 Å². The van der Waals surface area contributed by atoms with Gasteiger partial charge in [0.15, 0.2) is 0 Å². The van der Waals surface area contributed by atoms with Gasteiger partial charge in [-0.1, -0.05) is 59.4 Å². The Balaban J connectivity index is 1.69. The summed E-state index contributed by atoms with van der Waals surface area (Å²) >= 11 is 1.21. The van der Waals surface area contributed by atoms with Gasteiger partial charge in [-0.3, -0.25) is 14.5 Å². The molecule has 1 aliphatic heterocycles. The fourth-order valence-corrected chi connectivity index (χ4v) is 4.95. The lowest BCUT2D eigenvalue weighted by Gasteiger charge is -2.23. The molecule has 1 aromatic heterocycles. The summed E-state index contributed by atoms with van der Waals surface area (Å²) in [7, 11) is 0. The van der Waals surface area contributed by atoms with Crippen molar-refractivity contribution in [2.75, 3.05) is 4.90 Å². The van der Waals surface area contributed by atoms with Crippen molar-refractivity contribution >= 4 is 33.9 Å². The third-order valence-electron chi connectivity index (χ3n) is 5.97. The number of ketones is 1. The van der Waals surface area contributed by atoms with Crippen LogP contribution < -0.4 is 9.64 Å². The summed E-state index contributed by atoms with van der Waals surface area (Å²) in [5, 5.41) is 20.5. The molecule has 5 rings (SSSR count). The van der Waals surface area contributed by atoms with Gasteiger partial charge in [0.2, 0.25) is 5.13 Å². The molecule has 1 unspecified atom stereocenters. The Labute approximate surface area is 212 Å². The van der Waals surface area contributed by atoms with Crippen molar-refractivity contribution in [1.82, 2.24) is 10.2 Å². The Morgan fingerprint density at radius 2 is 1.67 bits per heavy atom. The number of aryl methyl sites for hydroxylation is 3. The van der Waals surface area contributed by atoms with E-state index in [-0.39, 0.29) is 16.5 Å². The number of benzene rings is 3. The van der Waals surface area contributed by atoms with Gasteiger partial charge in [0.05, 0.1) is 11.6 Å². The van der Waals surface area contributed by atoms with Gasteiger partial charge in [-0.25, -0.2) is 0 Å². The maximum atomic E-state index is 13.4. The van der Waals surface area contributed by atoms with E-state index in [1.54, 1.807) is 37.3 Å². The molecule has 1 N–H and O–H groups in total. The zero-order valence-corrected chi connectivity index (χ0v) is 20.7.